The van der Waals surface area contributed by atoms with Gasteiger partial charge in [0.25, 0.3) is 0 Å². The van der Waals surface area contributed by atoms with E-state index in [0.29, 0.717) is 23.0 Å². The van der Waals surface area contributed by atoms with Crippen molar-refractivity contribution in [2.24, 2.45) is 0 Å². The minimum absolute atomic E-state index is 0.185. The van der Waals surface area contributed by atoms with Crippen LogP contribution in [0.3, 0.4) is 0 Å². The third-order valence-electron chi connectivity index (χ3n) is 3.28. The molecule has 23 heavy (non-hydrogen) atoms. The van der Waals surface area contributed by atoms with Gasteiger partial charge in [-0.05, 0) is 13.0 Å². The second kappa shape index (κ2) is 6.64. The molecule has 0 N–H and O–H groups in total. The summed E-state index contributed by atoms with van der Waals surface area (Å²) in [6, 6.07) is 7.62. The Labute approximate surface area is 145 Å². The fourth-order valence-corrected chi connectivity index (χ4v) is 3.75. The third kappa shape index (κ3) is 3.07. The molecule has 2 heterocycles. The summed E-state index contributed by atoms with van der Waals surface area (Å²) in [5, 5.41) is 0. The number of imidazole rings is 1. The lowest BCUT2D eigenvalue weighted by Crippen LogP contribution is -2.06. The maximum atomic E-state index is 11.6. The molecule has 0 saturated heterocycles. The molecule has 0 atom stereocenters. The molecule has 0 unspecified atom stereocenters. The van der Waals surface area contributed by atoms with E-state index < -0.39 is 0 Å². The van der Waals surface area contributed by atoms with Gasteiger partial charge in [0.1, 0.15) is 11.4 Å². The molecular weight excluding hydrogens is 380 g/mol. The van der Waals surface area contributed by atoms with Gasteiger partial charge in [-0.15, -0.1) is 11.3 Å². The molecule has 0 spiro atoms. The Morgan fingerprint density at radius 2 is 2.22 bits per heavy atom. The van der Waals surface area contributed by atoms with E-state index in [0.717, 1.165) is 21.2 Å². The first-order chi connectivity index (χ1) is 11.1. The van der Waals surface area contributed by atoms with Crippen LogP contribution in [0.25, 0.3) is 16.2 Å². The number of thiazole rings is 1. The van der Waals surface area contributed by atoms with Gasteiger partial charge >= 0.3 is 5.97 Å². The number of benzene rings is 1. The van der Waals surface area contributed by atoms with Crippen LogP contribution < -0.4 is 0 Å². The highest BCUT2D eigenvalue weighted by Gasteiger charge is 2.18. The number of esters is 1. The quantitative estimate of drug-likeness (QED) is 0.490. The monoisotopic (exact) mass is 392 g/mol. The molecule has 0 aliphatic heterocycles. The number of rotatable bonds is 5. The van der Waals surface area contributed by atoms with Crippen molar-refractivity contribution in [2.75, 3.05) is 6.61 Å². The summed E-state index contributed by atoms with van der Waals surface area (Å²) < 4.78 is 7.54. The molecule has 0 aliphatic carbocycles. The van der Waals surface area contributed by atoms with Crippen LogP contribution in [0.1, 0.15) is 22.3 Å². The zero-order chi connectivity index (χ0) is 16.4. The van der Waals surface area contributed by atoms with Crippen LogP contribution in [0.4, 0.5) is 0 Å². The second-order valence-electron chi connectivity index (χ2n) is 4.78. The lowest BCUT2D eigenvalue weighted by molar-refractivity contribution is -0.142. The number of fused-ring (bicyclic) bond motifs is 1. The summed E-state index contributed by atoms with van der Waals surface area (Å²) in [7, 11) is 0. The number of hydrogen-bond donors (Lipinski definition) is 0. The van der Waals surface area contributed by atoms with Crippen LogP contribution in [0, 0.1) is 0 Å². The highest BCUT2D eigenvalue weighted by Crippen LogP contribution is 2.32. The van der Waals surface area contributed by atoms with E-state index in [9.17, 15) is 9.59 Å². The molecule has 3 rings (SSSR count). The van der Waals surface area contributed by atoms with Gasteiger partial charge in [-0.25, -0.2) is 4.98 Å². The van der Waals surface area contributed by atoms with Crippen molar-refractivity contribution in [3.05, 3.63) is 45.5 Å². The number of halogens is 1. The minimum atomic E-state index is -0.282. The molecular formula is C16H13BrN2O3S. The Balaban J connectivity index is 2.03. The smallest absolute Gasteiger partial charge is 0.311 e. The molecule has 0 aliphatic rings. The van der Waals surface area contributed by atoms with Crippen LogP contribution in [0.15, 0.2) is 34.9 Å². The Morgan fingerprint density at radius 1 is 1.43 bits per heavy atom. The highest BCUT2D eigenvalue weighted by molar-refractivity contribution is 9.10. The molecule has 0 amide bonds. The number of aromatic nitrogens is 2. The highest BCUT2D eigenvalue weighted by atomic mass is 79.9. The molecule has 5 nitrogen and oxygen atoms in total. The third-order valence-corrected chi connectivity index (χ3v) is 4.95. The Hall–Kier alpha value is -1.99. The normalized spacial score (nSPS) is 10.9. The first-order valence-corrected chi connectivity index (χ1v) is 8.61. The van der Waals surface area contributed by atoms with Crippen molar-refractivity contribution in [3.63, 3.8) is 0 Å². The van der Waals surface area contributed by atoms with Crippen molar-refractivity contribution < 1.29 is 14.3 Å². The van der Waals surface area contributed by atoms with E-state index in [-0.39, 0.29) is 12.4 Å². The van der Waals surface area contributed by atoms with Crippen LogP contribution in [0.2, 0.25) is 0 Å². The summed E-state index contributed by atoms with van der Waals surface area (Å²) in [5.74, 6) is -0.282. The van der Waals surface area contributed by atoms with Gasteiger partial charge < -0.3 is 4.74 Å². The summed E-state index contributed by atoms with van der Waals surface area (Å²) in [6.07, 6.45) is 2.74. The van der Waals surface area contributed by atoms with E-state index in [1.165, 1.54) is 11.3 Å². The predicted octanol–water partition coefficient (Wildman–Crippen LogP) is 3.74. The zero-order valence-electron chi connectivity index (χ0n) is 12.3. The lowest BCUT2D eigenvalue weighted by Gasteiger charge is -2.01. The van der Waals surface area contributed by atoms with Gasteiger partial charge in [0.2, 0.25) is 0 Å². The molecule has 2 aromatic heterocycles. The second-order valence-corrected chi connectivity index (χ2v) is 6.72. The molecule has 0 radical (unpaired) electrons. The molecule has 118 valence electrons. The molecule has 1 aromatic carbocycles. The first kappa shape index (κ1) is 15.9. The Bertz CT molecular complexity index is 885. The van der Waals surface area contributed by atoms with E-state index in [1.54, 1.807) is 17.5 Å². The molecule has 0 fully saturated rings. The van der Waals surface area contributed by atoms with Gasteiger partial charge in [-0.2, -0.15) is 0 Å². The number of nitrogens with zero attached hydrogens (tertiary/aromatic N) is 2. The summed E-state index contributed by atoms with van der Waals surface area (Å²) in [6.45, 7) is 2.13. The zero-order valence-corrected chi connectivity index (χ0v) is 14.7. The van der Waals surface area contributed by atoms with Crippen LogP contribution in [0.5, 0.6) is 0 Å². The number of hydrogen-bond acceptors (Lipinski definition) is 5. The topological polar surface area (TPSA) is 60.7 Å². The Kier molecular flexibility index (Phi) is 4.58. The minimum Gasteiger partial charge on any atom is -0.466 e. The van der Waals surface area contributed by atoms with E-state index in [4.69, 9.17) is 4.74 Å². The van der Waals surface area contributed by atoms with E-state index >= 15 is 0 Å². The van der Waals surface area contributed by atoms with Crippen molar-refractivity contribution in [2.45, 2.75) is 13.3 Å². The van der Waals surface area contributed by atoms with Crippen molar-refractivity contribution in [1.82, 2.24) is 9.38 Å². The maximum absolute atomic E-state index is 11.6. The number of ether oxygens (including phenoxy) is 1. The fraction of sp³-hybridized carbons (Fsp3) is 0.188. The van der Waals surface area contributed by atoms with Crippen molar-refractivity contribution >= 4 is 44.5 Å². The largest absolute Gasteiger partial charge is 0.466 e. The average Bonchev–Trinajstić information content (AvgIpc) is 3.04. The lowest BCUT2D eigenvalue weighted by atomic mass is 10.1. The van der Waals surface area contributed by atoms with Gasteiger partial charge in [0.05, 0.1) is 13.0 Å². The number of carbonyl (C=O) groups excluding carboxylic acids is 2. The summed E-state index contributed by atoms with van der Waals surface area (Å²) in [5.41, 5.74) is 1.96. The molecule has 7 heteroatoms. The molecule has 3 aromatic rings. The van der Waals surface area contributed by atoms with Crippen LogP contribution in [-0.2, 0) is 16.0 Å². The maximum Gasteiger partial charge on any atom is 0.311 e. The first-order valence-electron chi connectivity index (χ1n) is 7.00. The van der Waals surface area contributed by atoms with Gasteiger partial charge in [-0.1, -0.05) is 34.1 Å². The number of aldehydes is 1. The van der Waals surface area contributed by atoms with E-state index in [2.05, 4.69) is 20.9 Å². The SMILES string of the molecule is CCOC(=O)Cc1cn2c(C=O)c(-c3ccccc3Br)nc2s1. The van der Waals surface area contributed by atoms with Crippen molar-refractivity contribution in [3.8, 4) is 11.3 Å². The fourth-order valence-electron chi connectivity index (χ4n) is 2.31. The van der Waals surface area contributed by atoms with Crippen LogP contribution >= 0.6 is 27.3 Å². The number of carbonyl (C=O) groups is 2. The molecule has 0 bridgehead atoms. The summed E-state index contributed by atoms with van der Waals surface area (Å²) in [4.78, 5) is 29.2. The van der Waals surface area contributed by atoms with Gasteiger partial charge in [-0.3, -0.25) is 14.0 Å². The van der Waals surface area contributed by atoms with E-state index in [1.807, 2.05) is 24.3 Å². The Morgan fingerprint density at radius 3 is 2.91 bits per heavy atom. The predicted molar refractivity (Wildman–Crippen MR) is 91.9 cm³/mol. The standard InChI is InChI=1S/C16H13BrN2O3S/c1-2-22-14(21)7-10-8-19-13(9-20)15(18-16(19)23-10)11-5-3-4-6-12(11)17/h3-6,8-9H,2,7H2,1H3. The average molecular weight is 393 g/mol. The summed E-state index contributed by atoms with van der Waals surface area (Å²) >= 11 is 4.86. The van der Waals surface area contributed by atoms with Gasteiger partial charge in [0, 0.05) is 21.1 Å². The van der Waals surface area contributed by atoms with Crippen molar-refractivity contribution in [1.29, 1.82) is 0 Å². The van der Waals surface area contributed by atoms with Gasteiger partial charge in [0.15, 0.2) is 11.2 Å². The molecule has 0 saturated carbocycles. The van der Waals surface area contributed by atoms with Crippen LogP contribution in [-0.4, -0.2) is 28.2 Å².